The molecule has 1 rings (SSSR count). The SMILES string of the molecule is CCNCc1cc(F)ccc1OCCC(C)(C)OC. The van der Waals surface area contributed by atoms with Crippen molar-refractivity contribution in [2.24, 2.45) is 0 Å². The second-order valence-corrected chi connectivity index (χ2v) is 5.09. The summed E-state index contributed by atoms with van der Waals surface area (Å²) in [5.41, 5.74) is 0.638. The lowest BCUT2D eigenvalue weighted by atomic mass is 10.1. The Kier molecular flexibility index (Phi) is 6.25. The molecule has 0 unspecified atom stereocenters. The minimum atomic E-state index is -0.238. The van der Waals surface area contributed by atoms with Crippen LogP contribution in [0.2, 0.25) is 0 Å². The topological polar surface area (TPSA) is 30.5 Å². The molecule has 0 saturated carbocycles. The van der Waals surface area contributed by atoms with E-state index < -0.39 is 0 Å². The molecule has 0 aliphatic rings. The van der Waals surface area contributed by atoms with Crippen LogP contribution in [0.4, 0.5) is 4.39 Å². The van der Waals surface area contributed by atoms with Gasteiger partial charge in [-0.05, 0) is 38.6 Å². The van der Waals surface area contributed by atoms with Crippen LogP contribution in [-0.2, 0) is 11.3 Å². The van der Waals surface area contributed by atoms with Crippen LogP contribution in [0.3, 0.4) is 0 Å². The van der Waals surface area contributed by atoms with E-state index in [4.69, 9.17) is 9.47 Å². The predicted molar refractivity (Wildman–Crippen MR) is 75.0 cm³/mol. The number of methoxy groups -OCH3 is 1. The van der Waals surface area contributed by atoms with Crippen molar-refractivity contribution >= 4 is 0 Å². The Bertz CT molecular complexity index is 394. The van der Waals surface area contributed by atoms with E-state index in [0.29, 0.717) is 13.2 Å². The zero-order valence-electron chi connectivity index (χ0n) is 12.3. The van der Waals surface area contributed by atoms with Gasteiger partial charge in [0.05, 0.1) is 12.2 Å². The molecule has 0 aliphatic carbocycles. The van der Waals surface area contributed by atoms with Crippen molar-refractivity contribution in [2.45, 2.75) is 39.3 Å². The molecule has 0 heterocycles. The van der Waals surface area contributed by atoms with Crippen LogP contribution in [-0.4, -0.2) is 25.9 Å². The Morgan fingerprint density at radius 2 is 2.05 bits per heavy atom. The van der Waals surface area contributed by atoms with Crippen LogP contribution in [0.15, 0.2) is 18.2 Å². The molecule has 1 aromatic carbocycles. The summed E-state index contributed by atoms with van der Waals surface area (Å²) in [6, 6.07) is 4.62. The quantitative estimate of drug-likeness (QED) is 0.786. The summed E-state index contributed by atoms with van der Waals surface area (Å²) >= 11 is 0. The minimum Gasteiger partial charge on any atom is -0.493 e. The Morgan fingerprint density at radius 1 is 1.32 bits per heavy atom. The lowest BCUT2D eigenvalue weighted by molar-refractivity contribution is 0.00536. The Balaban J connectivity index is 2.61. The molecule has 108 valence electrons. The average molecular weight is 269 g/mol. The predicted octanol–water partition coefficient (Wildman–Crippen LogP) is 3.13. The fraction of sp³-hybridized carbons (Fsp3) is 0.600. The molecule has 3 nitrogen and oxygen atoms in total. The molecule has 0 radical (unpaired) electrons. The van der Waals surface area contributed by atoms with E-state index in [0.717, 1.165) is 24.3 Å². The average Bonchev–Trinajstić information content (AvgIpc) is 2.38. The number of hydrogen-bond donors (Lipinski definition) is 1. The smallest absolute Gasteiger partial charge is 0.123 e. The van der Waals surface area contributed by atoms with Gasteiger partial charge in [0.2, 0.25) is 0 Å². The number of benzene rings is 1. The molecule has 0 aromatic heterocycles. The van der Waals surface area contributed by atoms with Gasteiger partial charge in [0, 0.05) is 25.6 Å². The maximum absolute atomic E-state index is 13.2. The van der Waals surface area contributed by atoms with Gasteiger partial charge >= 0.3 is 0 Å². The maximum Gasteiger partial charge on any atom is 0.123 e. The summed E-state index contributed by atoms with van der Waals surface area (Å²) in [5, 5.41) is 3.18. The number of rotatable bonds is 8. The third kappa shape index (κ3) is 5.57. The van der Waals surface area contributed by atoms with Gasteiger partial charge in [0.1, 0.15) is 11.6 Å². The Labute approximate surface area is 115 Å². The molecule has 0 amide bonds. The minimum absolute atomic E-state index is 0.206. The Hall–Kier alpha value is -1.13. The molecular formula is C15H24FNO2. The fourth-order valence-electron chi connectivity index (χ4n) is 1.60. The normalized spacial score (nSPS) is 11.6. The van der Waals surface area contributed by atoms with Gasteiger partial charge in [0.25, 0.3) is 0 Å². The molecule has 19 heavy (non-hydrogen) atoms. The highest BCUT2D eigenvalue weighted by molar-refractivity contribution is 5.33. The van der Waals surface area contributed by atoms with Gasteiger partial charge < -0.3 is 14.8 Å². The van der Waals surface area contributed by atoms with E-state index >= 15 is 0 Å². The van der Waals surface area contributed by atoms with Gasteiger partial charge in [-0.1, -0.05) is 6.92 Å². The zero-order chi connectivity index (χ0) is 14.3. The van der Waals surface area contributed by atoms with Crippen LogP contribution in [0.5, 0.6) is 5.75 Å². The molecular weight excluding hydrogens is 245 g/mol. The summed E-state index contributed by atoms with van der Waals surface area (Å²) in [6.45, 7) is 8.04. The van der Waals surface area contributed by atoms with Crippen LogP contribution < -0.4 is 10.1 Å². The largest absolute Gasteiger partial charge is 0.493 e. The van der Waals surface area contributed by atoms with E-state index in [9.17, 15) is 4.39 Å². The highest BCUT2D eigenvalue weighted by atomic mass is 19.1. The lowest BCUT2D eigenvalue weighted by Crippen LogP contribution is -2.25. The van der Waals surface area contributed by atoms with Crippen molar-refractivity contribution in [3.8, 4) is 5.75 Å². The van der Waals surface area contributed by atoms with Crippen LogP contribution in [0.25, 0.3) is 0 Å². The van der Waals surface area contributed by atoms with Gasteiger partial charge in [-0.2, -0.15) is 0 Å². The van der Waals surface area contributed by atoms with Crippen molar-refractivity contribution in [2.75, 3.05) is 20.3 Å². The van der Waals surface area contributed by atoms with Crippen LogP contribution >= 0.6 is 0 Å². The van der Waals surface area contributed by atoms with Crippen molar-refractivity contribution in [1.82, 2.24) is 5.32 Å². The highest BCUT2D eigenvalue weighted by Gasteiger charge is 2.16. The molecule has 0 fully saturated rings. The van der Waals surface area contributed by atoms with E-state index in [2.05, 4.69) is 5.32 Å². The molecule has 0 saturated heterocycles. The van der Waals surface area contributed by atoms with E-state index in [1.807, 2.05) is 20.8 Å². The van der Waals surface area contributed by atoms with Crippen molar-refractivity contribution in [3.63, 3.8) is 0 Å². The first-order valence-electron chi connectivity index (χ1n) is 6.65. The number of ether oxygens (including phenoxy) is 2. The van der Waals surface area contributed by atoms with E-state index in [1.54, 1.807) is 13.2 Å². The zero-order valence-corrected chi connectivity index (χ0v) is 12.3. The first-order chi connectivity index (χ1) is 8.98. The van der Waals surface area contributed by atoms with Crippen molar-refractivity contribution in [1.29, 1.82) is 0 Å². The second-order valence-electron chi connectivity index (χ2n) is 5.09. The maximum atomic E-state index is 13.2. The monoisotopic (exact) mass is 269 g/mol. The fourth-order valence-corrected chi connectivity index (χ4v) is 1.60. The van der Waals surface area contributed by atoms with Crippen molar-refractivity contribution in [3.05, 3.63) is 29.6 Å². The van der Waals surface area contributed by atoms with Crippen molar-refractivity contribution < 1.29 is 13.9 Å². The third-order valence-electron chi connectivity index (χ3n) is 3.10. The highest BCUT2D eigenvalue weighted by Crippen LogP contribution is 2.21. The summed E-state index contributed by atoms with van der Waals surface area (Å²) in [4.78, 5) is 0. The lowest BCUT2D eigenvalue weighted by Gasteiger charge is -2.23. The first-order valence-corrected chi connectivity index (χ1v) is 6.65. The summed E-state index contributed by atoms with van der Waals surface area (Å²) in [5.74, 6) is 0.492. The number of nitrogens with one attached hydrogen (secondary N) is 1. The van der Waals surface area contributed by atoms with Crippen LogP contribution in [0.1, 0.15) is 32.8 Å². The standard InChI is InChI=1S/C15H24FNO2/c1-5-17-11-12-10-13(16)6-7-14(12)19-9-8-15(2,3)18-4/h6-7,10,17H,5,8-9,11H2,1-4H3. The van der Waals surface area contributed by atoms with Gasteiger partial charge in [-0.25, -0.2) is 4.39 Å². The molecule has 0 bridgehead atoms. The van der Waals surface area contributed by atoms with E-state index in [-0.39, 0.29) is 11.4 Å². The van der Waals surface area contributed by atoms with Gasteiger partial charge in [-0.15, -0.1) is 0 Å². The molecule has 0 aliphatic heterocycles. The van der Waals surface area contributed by atoms with Gasteiger partial charge in [0.15, 0.2) is 0 Å². The molecule has 1 N–H and O–H groups in total. The summed E-state index contributed by atoms with van der Waals surface area (Å²) in [7, 11) is 1.69. The number of halogens is 1. The summed E-state index contributed by atoms with van der Waals surface area (Å²) < 4.78 is 24.3. The Morgan fingerprint density at radius 3 is 2.68 bits per heavy atom. The first kappa shape index (κ1) is 15.9. The molecule has 0 spiro atoms. The second kappa shape index (κ2) is 7.46. The van der Waals surface area contributed by atoms with Crippen LogP contribution in [0, 0.1) is 5.82 Å². The molecule has 0 atom stereocenters. The van der Waals surface area contributed by atoms with Gasteiger partial charge in [-0.3, -0.25) is 0 Å². The van der Waals surface area contributed by atoms with E-state index in [1.165, 1.54) is 12.1 Å². The molecule has 4 heteroatoms. The summed E-state index contributed by atoms with van der Waals surface area (Å²) in [6.07, 6.45) is 0.779. The number of hydrogen-bond acceptors (Lipinski definition) is 3. The molecule has 1 aromatic rings. The third-order valence-corrected chi connectivity index (χ3v) is 3.10.